The molecule has 0 spiro atoms. The van der Waals surface area contributed by atoms with Crippen molar-refractivity contribution in [1.82, 2.24) is 0 Å². The molecule has 1 rings (SSSR count). The number of hydrogen-bond acceptors (Lipinski definition) is 4. The van der Waals surface area contributed by atoms with E-state index in [1.165, 1.54) is 33.3 Å². The number of carboxylic acids is 1. The zero-order valence-corrected chi connectivity index (χ0v) is 11.4. The molecule has 1 aromatic carbocycles. The molecular formula is C12H14ClNO5. The molecule has 0 heterocycles. The second-order valence-electron chi connectivity index (χ2n) is 3.74. The molecule has 0 saturated carbocycles. The number of methoxy groups -OCH3 is 2. The minimum atomic E-state index is -1.21. The number of amides is 1. The predicted molar refractivity (Wildman–Crippen MR) is 70.0 cm³/mol. The first-order chi connectivity index (χ1) is 8.90. The number of rotatable bonds is 5. The van der Waals surface area contributed by atoms with E-state index < -0.39 is 17.8 Å². The van der Waals surface area contributed by atoms with Gasteiger partial charge >= 0.3 is 5.97 Å². The Hall–Kier alpha value is -1.95. The predicted octanol–water partition coefficient (Wildman–Crippen LogP) is 2.02. The molecule has 0 fully saturated rings. The van der Waals surface area contributed by atoms with Crippen LogP contribution in [0.15, 0.2) is 12.1 Å². The lowest BCUT2D eigenvalue weighted by molar-refractivity contribution is -0.144. The van der Waals surface area contributed by atoms with Gasteiger partial charge in [-0.1, -0.05) is 11.6 Å². The summed E-state index contributed by atoms with van der Waals surface area (Å²) in [6.45, 7) is 1.29. The van der Waals surface area contributed by atoms with Crippen molar-refractivity contribution in [2.45, 2.75) is 6.92 Å². The Bertz CT molecular complexity index is 503. The monoisotopic (exact) mass is 287 g/mol. The Balaban J connectivity index is 3.04. The fraction of sp³-hybridized carbons (Fsp3) is 0.333. The van der Waals surface area contributed by atoms with Crippen LogP contribution < -0.4 is 14.8 Å². The smallest absolute Gasteiger partial charge is 0.315 e. The summed E-state index contributed by atoms with van der Waals surface area (Å²) >= 11 is 5.94. The molecular weight excluding hydrogens is 274 g/mol. The van der Waals surface area contributed by atoms with E-state index in [0.29, 0.717) is 11.5 Å². The highest BCUT2D eigenvalue weighted by molar-refractivity contribution is 6.32. The van der Waals surface area contributed by atoms with Crippen LogP contribution in [0, 0.1) is 5.92 Å². The summed E-state index contributed by atoms with van der Waals surface area (Å²) in [6.07, 6.45) is 0. The Kier molecular flexibility index (Phi) is 5.00. The maximum Gasteiger partial charge on any atom is 0.315 e. The van der Waals surface area contributed by atoms with Crippen molar-refractivity contribution in [2.24, 2.45) is 5.92 Å². The van der Waals surface area contributed by atoms with E-state index >= 15 is 0 Å². The van der Waals surface area contributed by atoms with E-state index in [9.17, 15) is 9.59 Å². The normalized spacial score (nSPS) is 11.6. The van der Waals surface area contributed by atoms with Gasteiger partial charge in [-0.3, -0.25) is 9.59 Å². The van der Waals surface area contributed by atoms with Gasteiger partial charge in [-0.05, 0) is 13.0 Å². The molecule has 104 valence electrons. The number of carboxylic acid groups (broad SMARTS) is 1. The number of carbonyl (C=O) groups is 2. The summed E-state index contributed by atoms with van der Waals surface area (Å²) in [5, 5.41) is 11.5. The van der Waals surface area contributed by atoms with Crippen molar-refractivity contribution in [3.05, 3.63) is 17.2 Å². The maximum atomic E-state index is 11.7. The molecule has 7 heteroatoms. The maximum absolute atomic E-state index is 11.7. The Morgan fingerprint density at radius 1 is 1.26 bits per heavy atom. The SMILES string of the molecule is COc1cc(OC)c(NC(=O)C(C)C(=O)O)cc1Cl. The van der Waals surface area contributed by atoms with Gasteiger partial charge in [0, 0.05) is 6.07 Å². The summed E-state index contributed by atoms with van der Waals surface area (Å²) < 4.78 is 10.1. The summed E-state index contributed by atoms with van der Waals surface area (Å²) in [5.74, 6) is -2.33. The Labute approximate surface area is 115 Å². The van der Waals surface area contributed by atoms with E-state index in [1.54, 1.807) is 0 Å². The van der Waals surface area contributed by atoms with Crippen LogP contribution in [0.5, 0.6) is 11.5 Å². The molecule has 1 aromatic rings. The number of halogens is 1. The summed E-state index contributed by atoms with van der Waals surface area (Å²) in [4.78, 5) is 22.4. The van der Waals surface area contributed by atoms with Crippen molar-refractivity contribution < 1.29 is 24.2 Å². The summed E-state index contributed by atoms with van der Waals surface area (Å²) in [5.41, 5.74) is 0.284. The van der Waals surface area contributed by atoms with Crippen LogP contribution in [0.4, 0.5) is 5.69 Å². The minimum Gasteiger partial charge on any atom is -0.495 e. The van der Waals surface area contributed by atoms with E-state index in [-0.39, 0.29) is 10.7 Å². The fourth-order valence-electron chi connectivity index (χ4n) is 1.31. The van der Waals surface area contributed by atoms with Gasteiger partial charge in [0.1, 0.15) is 17.4 Å². The van der Waals surface area contributed by atoms with Gasteiger partial charge in [-0.15, -0.1) is 0 Å². The quantitative estimate of drug-likeness (QED) is 0.809. The fourth-order valence-corrected chi connectivity index (χ4v) is 1.55. The third-order valence-corrected chi connectivity index (χ3v) is 2.79. The molecule has 0 aliphatic carbocycles. The number of benzene rings is 1. The third-order valence-electron chi connectivity index (χ3n) is 2.50. The molecule has 0 saturated heterocycles. The summed E-state index contributed by atoms with van der Waals surface area (Å²) in [7, 11) is 2.87. The molecule has 2 N–H and O–H groups in total. The zero-order chi connectivity index (χ0) is 14.6. The molecule has 1 unspecified atom stereocenters. The van der Waals surface area contributed by atoms with Crippen molar-refractivity contribution in [3.63, 3.8) is 0 Å². The first kappa shape index (κ1) is 15.1. The average molecular weight is 288 g/mol. The summed E-state index contributed by atoms with van der Waals surface area (Å²) in [6, 6.07) is 2.94. The van der Waals surface area contributed by atoms with Crippen LogP contribution in [0.2, 0.25) is 5.02 Å². The second-order valence-corrected chi connectivity index (χ2v) is 4.14. The van der Waals surface area contributed by atoms with Gasteiger partial charge in [0.25, 0.3) is 0 Å². The van der Waals surface area contributed by atoms with Gasteiger partial charge in [0.05, 0.1) is 24.9 Å². The van der Waals surface area contributed by atoms with Gasteiger partial charge < -0.3 is 19.9 Å². The largest absolute Gasteiger partial charge is 0.495 e. The van der Waals surface area contributed by atoms with E-state index in [0.717, 1.165) is 0 Å². The zero-order valence-electron chi connectivity index (χ0n) is 10.7. The molecule has 0 bridgehead atoms. The van der Waals surface area contributed by atoms with Crippen LogP contribution in [0.1, 0.15) is 6.92 Å². The molecule has 1 amide bonds. The first-order valence-electron chi connectivity index (χ1n) is 5.35. The average Bonchev–Trinajstić information content (AvgIpc) is 2.37. The van der Waals surface area contributed by atoms with Crippen molar-refractivity contribution in [2.75, 3.05) is 19.5 Å². The van der Waals surface area contributed by atoms with Crippen LogP contribution >= 0.6 is 11.6 Å². The number of carbonyl (C=O) groups excluding carboxylic acids is 1. The molecule has 1 atom stereocenters. The number of aliphatic carboxylic acids is 1. The van der Waals surface area contributed by atoms with E-state index in [4.69, 9.17) is 26.2 Å². The molecule has 0 radical (unpaired) electrons. The van der Waals surface area contributed by atoms with Crippen LogP contribution in [-0.2, 0) is 9.59 Å². The van der Waals surface area contributed by atoms with E-state index in [2.05, 4.69) is 5.32 Å². The molecule has 6 nitrogen and oxygen atoms in total. The van der Waals surface area contributed by atoms with Gasteiger partial charge in [-0.25, -0.2) is 0 Å². The van der Waals surface area contributed by atoms with Gasteiger partial charge in [0.2, 0.25) is 5.91 Å². The topological polar surface area (TPSA) is 84.9 Å². The number of nitrogens with one attached hydrogen (secondary N) is 1. The van der Waals surface area contributed by atoms with Crippen molar-refractivity contribution >= 4 is 29.2 Å². The highest BCUT2D eigenvalue weighted by Crippen LogP contribution is 2.36. The van der Waals surface area contributed by atoms with Crippen LogP contribution in [-0.4, -0.2) is 31.2 Å². The molecule has 0 aliphatic rings. The highest BCUT2D eigenvalue weighted by Gasteiger charge is 2.22. The number of ether oxygens (including phenoxy) is 2. The van der Waals surface area contributed by atoms with Crippen molar-refractivity contribution in [3.8, 4) is 11.5 Å². The lowest BCUT2D eigenvalue weighted by Gasteiger charge is -2.14. The van der Waals surface area contributed by atoms with Crippen molar-refractivity contribution in [1.29, 1.82) is 0 Å². The van der Waals surface area contributed by atoms with Gasteiger partial charge in [-0.2, -0.15) is 0 Å². The lowest BCUT2D eigenvalue weighted by atomic mass is 10.1. The standard InChI is InChI=1S/C12H14ClNO5/c1-6(12(16)17)11(15)14-8-4-7(13)9(18-2)5-10(8)19-3/h4-6H,1-3H3,(H,14,15)(H,16,17). The van der Waals surface area contributed by atoms with Gasteiger partial charge in [0.15, 0.2) is 0 Å². The van der Waals surface area contributed by atoms with Crippen LogP contribution in [0.3, 0.4) is 0 Å². The molecule has 0 aromatic heterocycles. The lowest BCUT2D eigenvalue weighted by Crippen LogP contribution is -2.27. The van der Waals surface area contributed by atoms with Crippen LogP contribution in [0.25, 0.3) is 0 Å². The number of hydrogen-bond donors (Lipinski definition) is 2. The minimum absolute atomic E-state index is 0.279. The Morgan fingerprint density at radius 2 is 1.84 bits per heavy atom. The third kappa shape index (κ3) is 3.51. The first-order valence-corrected chi connectivity index (χ1v) is 5.73. The Morgan fingerprint density at radius 3 is 2.32 bits per heavy atom. The number of anilines is 1. The second kappa shape index (κ2) is 6.29. The van der Waals surface area contributed by atoms with E-state index in [1.807, 2.05) is 0 Å². The highest BCUT2D eigenvalue weighted by atomic mass is 35.5. The molecule has 19 heavy (non-hydrogen) atoms. The molecule has 0 aliphatic heterocycles.